The van der Waals surface area contributed by atoms with E-state index in [9.17, 15) is 8.42 Å². The van der Waals surface area contributed by atoms with Crippen LogP contribution in [-0.4, -0.2) is 32.9 Å². The van der Waals surface area contributed by atoms with Crippen molar-refractivity contribution in [2.45, 2.75) is 49.8 Å². The highest BCUT2D eigenvalue weighted by Gasteiger charge is 2.30. The van der Waals surface area contributed by atoms with Crippen LogP contribution in [-0.2, 0) is 16.4 Å². The van der Waals surface area contributed by atoms with Gasteiger partial charge in [0.25, 0.3) is 0 Å². The van der Waals surface area contributed by atoms with Crippen LogP contribution >= 0.6 is 0 Å². The molecule has 0 unspecified atom stereocenters. The minimum atomic E-state index is -3.42. The Kier molecular flexibility index (Phi) is 6.55. The van der Waals surface area contributed by atoms with Gasteiger partial charge in [0.1, 0.15) is 5.75 Å². The molecule has 1 aliphatic rings. The van der Waals surface area contributed by atoms with Crippen LogP contribution < -0.4 is 4.74 Å². The van der Waals surface area contributed by atoms with Gasteiger partial charge in [-0.1, -0.05) is 43.7 Å². The average Bonchev–Trinajstić information content (AvgIpc) is 2.72. The molecule has 2 aromatic carbocycles. The van der Waals surface area contributed by atoms with Gasteiger partial charge in [0.15, 0.2) is 0 Å². The summed E-state index contributed by atoms with van der Waals surface area (Å²) in [5.41, 5.74) is 2.38. The first-order valence-corrected chi connectivity index (χ1v) is 11.2. The summed E-state index contributed by atoms with van der Waals surface area (Å²) in [6.07, 6.45) is 4.90. The summed E-state index contributed by atoms with van der Waals surface area (Å²) in [6.45, 7) is 3.25. The number of rotatable bonds is 7. The molecule has 0 spiro atoms. The molecule has 0 radical (unpaired) electrons. The molecule has 0 bridgehead atoms. The monoisotopic (exact) mass is 387 g/mol. The topological polar surface area (TPSA) is 46.6 Å². The second-order valence-corrected chi connectivity index (χ2v) is 9.11. The van der Waals surface area contributed by atoms with Crippen LogP contribution in [0.2, 0.25) is 0 Å². The number of nitrogens with zero attached hydrogens (tertiary/aromatic N) is 1. The summed E-state index contributed by atoms with van der Waals surface area (Å²) >= 11 is 0. The van der Waals surface area contributed by atoms with Gasteiger partial charge in [-0.25, -0.2) is 8.42 Å². The maximum Gasteiger partial charge on any atom is 0.243 e. The highest BCUT2D eigenvalue weighted by Crippen LogP contribution is 2.35. The standard InChI is InChI=1S/C22H29NO3S/c1-3-4-7-18-10-12-20(13-11-18)27(24,25)23-16-14-19(15-17-23)21-8-5-6-9-22(21)26-2/h5-6,8-13,19H,3-4,7,14-17H2,1-2H3. The molecule has 1 saturated heterocycles. The van der Waals surface area contributed by atoms with E-state index in [1.54, 1.807) is 23.5 Å². The van der Waals surface area contributed by atoms with Gasteiger partial charge in [-0.3, -0.25) is 0 Å². The molecule has 1 fully saturated rings. The summed E-state index contributed by atoms with van der Waals surface area (Å²) in [5.74, 6) is 1.23. The maximum atomic E-state index is 13.0. The SMILES string of the molecule is CCCCc1ccc(S(=O)(=O)N2CCC(c3ccccc3OC)CC2)cc1. The molecule has 0 atom stereocenters. The molecule has 4 nitrogen and oxygen atoms in total. The number of piperidine rings is 1. The molecule has 1 aliphatic heterocycles. The number of hydrogen-bond donors (Lipinski definition) is 0. The van der Waals surface area contributed by atoms with Crippen molar-refractivity contribution < 1.29 is 13.2 Å². The Morgan fingerprint density at radius 1 is 1.04 bits per heavy atom. The largest absolute Gasteiger partial charge is 0.496 e. The molecule has 0 aromatic heterocycles. The molecule has 146 valence electrons. The molecule has 5 heteroatoms. The molecule has 27 heavy (non-hydrogen) atoms. The van der Waals surface area contributed by atoms with Gasteiger partial charge >= 0.3 is 0 Å². The van der Waals surface area contributed by atoms with Crippen LogP contribution in [0.15, 0.2) is 53.4 Å². The molecular formula is C22H29NO3S. The van der Waals surface area contributed by atoms with E-state index in [1.807, 2.05) is 30.3 Å². The van der Waals surface area contributed by atoms with E-state index in [-0.39, 0.29) is 0 Å². The zero-order chi connectivity index (χ0) is 19.3. The van der Waals surface area contributed by atoms with E-state index in [0.29, 0.717) is 23.9 Å². The molecule has 0 aliphatic carbocycles. The smallest absolute Gasteiger partial charge is 0.243 e. The molecule has 1 heterocycles. The maximum absolute atomic E-state index is 13.0. The van der Waals surface area contributed by atoms with E-state index in [2.05, 4.69) is 13.0 Å². The van der Waals surface area contributed by atoms with Crippen LogP contribution in [0.5, 0.6) is 5.75 Å². The summed E-state index contributed by atoms with van der Waals surface area (Å²) < 4.78 is 33.1. The van der Waals surface area contributed by atoms with Crippen molar-refractivity contribution in [3.63, 3.8) is 0 Å². The third-order valence-corrected chi connectivity index (χ3v) is 7.33. The van der Waals surface area contributed by atoms with Gasteiger partial charge in [0, 0.05) is 13.1 Å². The quantitative estimate of drug-likeness (QED) is 0.697. The van der Waals surface area contributed by atoms with Crippen molar-refractivity contribution >= 4 is 10.0 Å². The highest BCUT2D eigenvalue weighted by atomic mass is 32.2. The van der Waals surface area contributed by atoms with Crippen molar-refractivity contribution in [1.29, 1.82) is 0 Å². The third kappa shape index (κ3) is 4.53. The Balaban J connectivity index is 1.67. The van der Waals surface area contributed by atoms with E-state index < -0.39 is 10.0 Å². The summed E-state index contributed by atoms with van der Waals surface area (Å²) in [6, 6.07) is 15.4. The van der Waals surface area contributed by atoms with Gasteiger partial charge < -0.3 is 4.74 Å². The number of aryl methyl sites for hydroxylation is 1. The van der Waals surface area contributed by atoms with Crippen LogP contribution in [0.3, 0.4) is 0 Å². The number of methoxy groups -OCH3 is 1. The number of hydrogen-bond acceptors (Lipinski definition) is 3. The Morgan fingerprint density at radius 2 is 1.70 bits per heavy atom. The van der Waals surface area contributed by atoms with Gasteiger partial charge in [0.05, 0.1) is 12.0 Å². The zero-order valence-electron chi connectivity index (χ0n) is 16.2. The lowest BCUT2D eigenvalue weighted by Gasteiger charge is -2.32. The first kappa shape index (κ1) is 19.9. The van der Waals surface area contributed by atoms with Crippen molar-refractivity contribution in [3.05, 3.63) is 59.7 Å². The van der Waals surface area contributed by atoms with E-state index >= 15 is 0 Å². The fourth-order valence-corrected chi connectivity index (χ4v) is 5.24. The molecule has 3 rings (SSSR count). The number of sulfonamides is 1. The van der Waals surface area contributed by atoms with Gasteiger partial charge in [-0.15, -0.1) is 0 Å². The predicted octanol–water partition coefficient (Wildman–Crippen LogP) is 4.61. The molecule has 0 amide bonds. The third-order valence-electron chi connectivity index (χ3n) is 5.41. The highest BCUT2D eigenvalue weighted by molar-refractivity contribution is 7.89. The summed E-state index contributed by atoms with van der Waals surface area (Å²) in [7, 11) is -1.74. The average molecular weight is 388 g/mol. The lowest BCUT2D eigenvalue weighted by Crippen LogP contribution is -2.37. The van der Waals surface area contributed by atoms with E-state index in [4.69, 9.17) is 4.74 Å². The molecule has 2 aromatic rings. The molecule has 0 N–H and O–H groups in total. The first-order valence-electron chi connectivity index (χ1n) is 9.78. The summed E-state index contributed by atoms with van der Waals surface area (Å²) in [5, 5.41) is 0. The minimum absolute atomic E-state index is 0.337. The van der Waals surface area contributed by atoms with Crippen LogP contribution in [0.25, 0.3) is 0 Å². The Hall–Kier alpha value is -1.85. The van der Waals surface area contributed by atoms with Gasteiger partial charge in [-0.05, 0) is 60.9 Å². The Morgan fingerprint density at radius 3 is 2.33 bits per heavy atom. The lowest BCUT2D eigenvalue weighted by molar-refractivity contribution is 0.313. The second kappa shape index (κ2) is 8.89. The first-order chi connectivity index (χ1) is 13.1. The van der Waals surface area contributed by atoms with Gasteiger partial charge in [-0.2, -0.15) is 4.31 Å². The van der Waals surface area contributed by atoms with Crippen LogP contribution in [0.1, 0.15) is 49.7 Å². The summed E-state index contributed by atoms with van der Waals surface area (Å²) in [4.78, 5) is 0.401. The molecular weight excluding hydrogens is 358 g/mol. The van der Waals surface area contributed by atoms with Crippen molar-refractivity contribution in [1.82, 2.24) is 4.31 Å². The lowest BCUT2D eigenvalue weighted by atomic mass is 9.89. The Bertz CT molecular complexity index is 838. The minimum Gasteiger partial charge on any atom is -0.496 e. The van der Waals surface area contributed by atoms with Crippen molar-refractivity contribution in [2.24, 2.45) is 0 Å². The fourth-order valence-electron chi connectivity index (χ4n) is 3.77. The molecule has 0 saturated carbocycles. The fraction of sp³-hybridized carbons (Fsp3) is 0.455. The van der Waals surface area contributed by atoms with Gasteiger partial charge in [0.2, 0.25) is 10.0 Å². The van der Waals surface area contributed by atoms with Crippen molar-refractivity contribution in [3.8, 4) is 5.75 Å². The van der Waals surface area contributed by atoms with Crippen LogP contribution in [0.4, 0.5) is 0 Å². The van der Waals surface area contributed by atoms with E-state index in [1.165, 1.54) is 11.1 Å². The van der Waals surface area contributed by atoms with E-state index in [0.717, 1.165) is 37.9 Å². The zero-order valence-corrected chi connectivity index (χ0v) is 17.0. The van der Waals surface area contributed by atoms with Crippen molar-refractivity contribution in [2.75, 3.05) is 20.2 Å². The predicted molar refractivity (Wildman–Crippen MR) is 109 cm³/mol. The Labute approximate surface area is 163 Å². The number of ether oxygens (including phenoxy) is 1. The number of para-hydroxylation sites is 1. The van der Waals surface area contributed by atoms with Crippen LogP contribution in [0, 0.1) is 0 Å². The number of unbranched alkanes of at least 4 members (excludes halogenated alkanes) is 1. The number of benzene rings is 2. The normalized spacial score (nSPS) is 16.4. The second-order valence-electron chi connectivity index (χ2n) is 7.17.